The van der Waals surface area contributed by atoms with Crippen molar-refractivity contribution in [1.29, 1.82) is 0 Å². The summed E-state index contributed by atoms with van der Waals surface area (Å²) in [5, 5.41) is 3.17. The quantitative estimate of drug-likeness (QED) is 0.793. The molecule has 2 aromatic rings. The number of nitrogens with one attached hydrogen (secondary N) is 1. The Kier molecular flexibility index (Phi) is 5.51. The van der Waals surface area contributed by atoms with Crippen LogP contribution in [0.1, 0.15) is 31.1 Å². The van der Waals surface area contributed by atoms with E-state index >= 15 is 0 Å². The first-order valence-electron chi connectivity index (χ1n) is 8.76. The minimum absolute atomic E-state index is 0.212. The van der Waals surface area contributed by atoms with Crippen molar-refractivity contribution in [1.82, 2.24) is 0 Å². The lowest BCUT2D eigenvalue weighted by atomic mass is 9.87. The molecule has 1 N–H and O–H groups in total. The minimum Gasteiger partial charge on any atom is -0.485 e. The summed E-state index contributed by atoms with van der Waals surface area (Å²) in [6.45, 7) is 4.70. The fourth-order valence-electron chi connectivity index (χ4n) is 3.25. The molecule has 0 fully saturated rings. The second-order valence-electron chi connectivity index (χ2n) is 6.86. The molecule has 1 heterocycles. The van der Waals surface area contributed by atoms with E-state index in [0.717, 1.165) is 22.6 Å². The molecule has 2 aromatic carbocycles. The van der Waals surface area contributed by atoms with E-state index in [-0.39, 0.29) is 18.8 Å². The normalized spacial score (nSPS) is 20.5. The Labute approximate surface area is 155 Å². The predicted molar refractivity (Wildman–Crippen MR) is 103 cm³/mol. The minimum atomic E-state index is -0.563. The number of anilines is 1. The number of rotatable bonds is 6. The van der Waals surface area contributed by atoms with Crippen LogP contribution in [0.4, 0.5) is 5.69 Å². The highest BCUT2D eigenvalue weighted by Gasteiger charge is 2.45. The van der Waals surface area contributed by atoms with Gasteiger partial charge >= 0.3 is 0 Å². The van der Waals surface area contributed by atoms with Gasteiger partial charge in [0.05, 0.1) is 6.61 Å². The van der Waals surface area contributed by atoms with E-state index in [1.54, 1.807) is 0 Å². The van der Waals surface area contributed by atoms with Crippen LogP contribution in [0.2, 0.25) is 0 Å². The van der Waals surface area contributed by atoms with Gasteiger partial charge in [-0.3, -0.25) is 0 Å². The highest BCUT2D eigenvalue weighted by atomic mass is 16.6. The SMILES string of the molecule is C#CCOC1C(OCc2ccccc2)c2cc(NC)ccc2OC1(C)C. The topological polar surface area (TPSA) is 39.7 Å². The Morgan fingerprint density at radius 1 is 1.15 bits per heavy atom. The summed E-state index contributed by atoms with van der Waals surface area (Å²) in [7, 11) is 1.89. The van der Waals surface area contributed by atoms with Gasteiger partial charge in [-0.25, -0.2) is 0 Å². The third-order valence-electron chi connectivity index (χ3n) is 4.56. The van der Waals surface area contributed by atoms with Crippen molar-refractivity contribution < 1.29 is 14.2 Å². The molecular weight excluding hydrogens is 326 g/mol. The van der Waals surface area contributed by atoms with Crippen LogP contribution in [-0.4, -0.2) is 25.4 Å². The fourth-order valence-corrected chi connectivity index (χ4v) is 3.25. The second-order valence-corrected chi connectivity index (χ2v) is 6.86. The molecule has 0 radical (unpaired) electrons. The van der Waals surface area contributed by atoms with Gasteiger partial charge in [0.2, 0.25) is 0 Å². The van der Waals surface area contributed by atoms with Crippen molar-refractivity contribution in [3.8, 4) is 18.1 Å². The van der Waals surface area contributed by atoms with E-state index < -0.39 is 5.60 Å². The number of fused-ring (bicyclic) bond motifs is 1. The molecule has 26 heavy (non-hydrogen) atoms. The molecule has 0 aliphatic carbocycles. The largest absolute Gasteiger partial charge is 0.485 e. The Hall–Kier alpha value is -2.48. The number of hydrogen-bond acceptors (Lipinski definition) is 4. The van der Waals surface area contributed by atoms with E-state index in [1.807, 2.05) is 69.4 Å². The second kappa shape index (κ2) is 7.82. The fraction of sp³-hybridized carbons (Fsp3) is 0.364. The standard InChI is InChI=1S/C22H25NO3/c1-5-13-24-21-20(25-15-16-9-7-6-8-10-16)18-14-17(23-4)11-12-19(18)26-22(21,2)3/h1,6-12,14,20-21,23H,13,15H2,2-4H3. The van der Waals surface area contributed by atoms with Crippen molar-refractivity contribution in [2.75, 3.05) is 19.0 Å². The average molecular weight is 351 g/mol. The highest BCUT2D eigenvalue weighted by Crippen LogP contribution is 2.44. The van der Waals surface area contributed by atoms with Crippen molar-refractivity contribution in [3.05, 3.63) is 59.7 Å². The zero-order chi connectivity index (χ0) is 18.6. The lowest BCUT2D eigenvalue weighted by molar-refractivity contribution is -0.160. The van der Waals surface area contributed by atoms with E-state index in [0.29, 0.717) is 6.61 Å². The van der Waals surface area contributed by atoms with Crippen LogP contribution >= 0.6 is 0 Å². The van der Waals surface area contributed by atoms with Crippen molar-refractivity contribution in [2.24, 2.45) is 0 Å². The zero-order valence-corrected chi connectivity index (χ0v) is 15.5. The maximum absolute atomic E-state index is 6.34. The summed E-state index contributed by atoms with van der Waals surface area (Å²) in [5.41, 5.74) is 2.51. The molecule has 4 heteroatoms. The molecule has 3 rings (SSSR count). The van der Waals surface area contributed by atoms with Gasteiger partial charge in [0.25, 0.3) is 0 Å². The van der Waals surface area contributed by atoms with E-state index in [4.69, 9.17) is 20.6 Å². The smallest absolute Gasteiger partial charge is 0.132 e. The van der Waals surface area contributed by atoms with Crippen molar-refractivity contribution in [3.63, 3.8) is 0 Å². The summed E-state index contributed by atoms with van der Waals surface area (Å²) in [6, 6.07) is 16.1. The summed E-state index contributed by atoms with van der Waals surface area (Å²) in [6.07, 6.45) is 4.82. The lowest BCUT2D eigenvalue weighted by Gasteiger charge is -2.44. The molecule has 0 saturated heterocycles. The number of terminal acetylenes is 1. The first-order chi connectivity index (χ1) is 12.5. The van der Waals surface area contributed by atoms with Gasteiger partial charge in [-0.15, -0.1) is 6.42 Å². The van der Waals surface area contributed by atoms with Gasteiger partial charge in [-0.2, -0.15) is 0 Å². The highest BCUT2D eigenvalue weighted by molar-refractivity contribution is 5.53. The van der Waals surface area contributed by atoms with Gasteiger partial charge in [0.15, 0.2) is 0 Å². The molecule has 2 unspecified atom stereocenters. The lowest BCUT2D eigenvalue weighted by Crippen LogP contribution is -2.51. The summed E-state index contributed by atoms with van der Waals surface area (Å²) in [4.78, 5) is 0. The van der Waals surface area contributed by atoms with Crippen molar-refractivity contribution >= 4 is 5.69 Å². The molecule has 1 aliphatic heterocycles. The maximum Gasteiger partial charge on any atom is 0.132 e. The Balaban J connectivity index is 1.95. The van der Waals surface area contributed by atoms with Gasteiger partial charge in [0.1, 0.15) is 30.2 Å². The van der Waals surface area contributed by atoms with E-state index in [9.17, 15) is 0 Å². The first kappa shape index (κ1) is 18.3. The Morgan fingerprint density at radius 2 is 1.92 bits per heavy atom. The van der Waals surface area contributed by atoms with Crippen LogP contribution < -0.4 is 10.1 Å². The molecule has 0 spiro atoms. The van der Waals surface area contributed by atoms with Crippen LogP contribution in [0, 0.1) is 12.3 Å². The zero-order valence-electron chi connectivity index (χ0n) is 15.5. The van der Waals surface area contributed by atoms with Gasteiger partial charge in [-0.05, 0) is 37.6 Å². The van der Waals surface area contributed by atoms with Crippen LogP contribution in [0.5, 0.6) is 5.75 Å². The number of ether oxygens (including phenoxy) is 3. The molecule has 4 nitrogen and oxygen atoms in total. The van der Waals surface area contributed by atoms with Crippen LogP contribution in [0.15, 0.2) is 48.5 Å². The Bertz CT molecular complexity index is 780. The van der Waals surface area contributed by atoms with Crippen LogP contribution in [0.3, 0.4) is 0 Å². The van der Waals surface area contributed by atoms with Gasteiger partial charge in [0, 0.05) is 18.3 Å². The number of benzene rings is 2. The Morgan fingerprint density at radius 3 is 2.62 bits per heavy atom. The summed E-state index contributed by atoms with van der Waals surface area (Å²) < 4.78 is 18.5. The predicted octanol–water partition coefficient (Wildman–Crippen LogP) is 4.18. The molecule has 0 bridgehead atoms. The molecule has 1 aliphatic rings. The first-order valence-corrected chi connectivity index (χ1v) is 8.76. The average Bonchev–Trinajstić information content (AvgIpc) is 2.65. The monoisotopic (exact) mass is 351 g/mol. The molecule has 0 amide bonds. The van der Waals surface area contributed by atoms with E-state index in [1.165, 1.54) is 0 Å². The summed E-state index contributed by atoms with van der Waals surface area (Å²) in [5.74, 6) is 3.36. The van der Waals surface area contributed by atoms with E-state index in [2.05, 4.69) is 11.2 Å². The van der Waals surface area contributed by atoms with Gasteiger partial charge in [-0.1, -0.05) is 36.3 Å². The third-order valence-corrected chi connectivity index (χ3v) is 4.56. The third kappa shape index (κ3) is 3.85. The maximum atomic E-state index is 6.34. The van der Waals surface area contributed by atoms with Crippen LogP contribution in [0.25, 0.3) is 0 Å². The molecule has 0 saturated carbocycles. The molecule has 136 valence electrons. The summed E-state index contributed by atoms with van der Waals surface area (Å²) >= 11 is 0. The van der Waals surface area contributed by atoms with Crippen molar-refractivity contribution in [2.45, 2.75) is 38.3 Å². The molecule has 2 atom stereocenters. The van der Waals surface area contributed by atoms with Gasteiger partial charge < -0.3 is 19.5 Å². The molecule has 0 aromatic heterocycles. The molecular formula is C22H25NO3. The number of hydrogen-bond donors (Lipinski definition) is 1. The van der Waals surface area contributed by atoms with Crippen LogP contribution in [-0.2, 0) is 16.1 Å².